The van der Waals surface area contributed by atoms with Gasteiger partial charge in [-0.15, -0.1) is 0 Å². The van der Waals surface area contributed by atoms with Crippen molar-refractivity contribution >= 4 is 18.2 Å². The average Bonchev–Trinajstić information content (AvgIpc) is 2.34. The molecule has 2 rings (SSSR count). The maximum Gasteiger partial charge on any atom is 0.303 e. The lowest BCUT2D eigenvalue weighted by Crippen LogP contribution is -2.64. The standard InChI is InChI=1S/C19H30O5/c1-12(21)23-14-10-19(6,24-13(2)22)15(11-20)18(5)9-7-8-17(3,4)16(14)18/h11,14-16H,7-10H2,1-6H3/t14-,15+,16?,18+,19+/m0/s1. The van der Waals surface area contributed by atoms with Gasteiger partial charge in [-0.3, -0.25) is 9.59 Å². The lowest BCUT2D eigenvalue weighted by Gasteiger charge is -2.62. The second kappa shape index (κ2) is 6.16. The molecular weight excluding hydrogens is 308 g/mol. The van der Waals surface area contributed by atoms with Gasteiger partial charge in [-0.2, -0.15) is 0 Å². The third-order valence-electron chi connectivity index (χ3n) is 6.27. The molecule has 0 aromatic heterocycles. The van der Waals surface area contributed by atoms with E-state index in [2.05, 4.69) is 20.8 Å². The molecule has 0 N–H and O–H groups in total. The maximum atomic E-state index is 12.1. The second-order valence-electron chi connectivity index (χ2n) is 8.70. The number of esters is 2. The first-order chi connectivity index (χ1) is 11.0. The summed E-state index contributed by atoms with van der Waals surface area (Å²) in [5.41, 5.74) is -1.37. The van der Waals surface area contributed by atoms with Crippen molar-refractivity contribution in [2.24, 2.45) is 22.7 Å². The Balaban J connectivity index is 2.55. The molecule has 0 amide bonds. The van der Waals surface area contributed by atoms with Gasteiger partial charge in [0.25, 0.3) is 0 Å². The second-order valence-corrected chi connectivity index (χ2v) is 8.70. The largest absolute Gasteiger partial charge is 0.462 e. The topological polar surface area (TPSA) is 69.7 Å². The van der Waals surface area contributed by atoms with Gasteiger partial charge in [-0.25, -0.2) is 0 Å². The van der Waals surface area contributed by atoms with E-state index in [1.807, 2.05) is 0 Å². The van der Waals surface area contributed by atoms with Crippen LogP contribution in [0.1, 0.15) is 67.2 Å². The summed E-state index contributed by atoms with van der Waals surface area (Å²) < 4.78 is 11.3. The molecular formula is C19H30O5. The predicted molar refractivity (Wildman–Crippen MR) is 89.1 cm³/mol. The molecule has 0 bridgehead atoms. The summed E-state index contributed by atoms with van der Waals surface area (Å²) in [6, 6.07) is 0. The Morgan fingerprint density at radius 3 is 2.17 bits per heavy atom. The normalized spacial score (nSPS) is 41.0. The third kappa shape index (κ3) is 3.09. The zero-order valence-corrected chi connectivity index (χ0v) is 15.7. The van der Waals surface area contributed by atoms with Crippen LogP contribution in [-0.4, -0.2) is 29.9 Å². The van der Waals surface area contributed by atoms with E-state index in [1.54, 1.807) is 6.92 Å². The van der Waals surface area contributed by atoms with Crippen molar-refractivity contribution in [1.29, 1.82) is 0 Å². The molecule has 5 nitrogen and oxygen atoms in total. The van der Waals surface area contributed by atoms with E-state index < -0.39 is 17.5 Å². The van der Waals surface area contributed by atoms with Gasteiger partial charge in [-0.1, -0.05) is 27.2 Å². The molecule has 0 heterocycles. The van der Waals surface area contributed by atoms with Crippen molar-refractivity contribution in [3.05, 3.63) is 0 Å². The zero-order valence-electron chi connectivity index (χ0n) is 15.7. The lowest BCUT2D eigenvalue weighted by molar-refractivity contribution is -0.226. The third-order valence-corrected chi connectivity index (χ3v) is 6.27. The highest BCUT2D eigenvalue weighted by Gasteiger charge is 2.64. The average molecular weight is 338 g/mol. The molecule has 0 aliphatic heterocycles. The van der Waals surface area contributed by atoms with E-state index in [0.29, 0.717) is 6.42 Å². The zero-order chi connectivity index (χ0) is 18.3. The quantitative estimate of drug-likeness (QED) is 0.583. The summed E-state index contributed by atoms with van der Waals surface area (Å²) in [6.45, 7) is 11.0. The molecule has 2 fully saturated rings. The minimum atomic E-state index is -0.952. The summed E-state index contributed by atoms with van der Waals surface area (Å²) >= 11 is 0. The number of fused-ring (bicyclic) bond motifs is 1. The van der Waals surface area contributed by atoms with Crippen LogP contribution in [0, 0.1) is 22.7 Å². The molecule has 24 heavy (non-hydrogen) atoms. The first-order valence-corrected chi connectivity index (χ1v) is 8.78. The highest BCUT2D eigenvalue weighted by Crippen LogP contribution is 2.62. The lowest BCUT2D eigenvalue weighted by atomic mass is 9.45. The van der Waals surface area contributed by atoms with E-state index in [0.717, 1.165) is 25.5 Å². The molecule has 0 aromatic rings. The van der Waals surface area contributed by atoms with Crippen molar-refractivity contribution in [2.45, 2.75) is 78.9 Å². The van der Waals surface area contributed by atoms with Crippen LogP contribution in [-0.2, 0) is 23.9 Å². The van der Waals surface area contributed by atoms with Crippen molar-refractivity contribution < 1.29 is 23.9 Å². The molecule has 2 aliphatic carbocycles. The minimum Gasteiger partial charge on any atom is -0.462 e. The summed E-state index contributed by atoms with van der Waals surface area (Å²) in [5.74, 6) is -1.10. The fraction of sp³-hybridized carbons (Fsp3) is 0.842. The van der Waals surface area contributed by atoms with Crippen LogP contribution in [0.2, 0.25) is 0 Å². The number of carbonyl (C=O) groups is 3. The monoisotopic (exact) mass is 338 g/mol. The molecule has 2 aliphatic rings. The maximum absolute atomic E-state index is 12.1. The van der Waals surface area contributed by atoms with Crippen molar-refractivity contribution in [3.8, 4) is 0 Å². The molecule has 136 valence electrons. The van der Waals surface area contributed by atoms with Crippen LogP contribution >= 0.6 is 0 Å². The van der Waals surface area contributed by atoms with Crippen LogP contribution in [0.5, 0.6) is 0 Å². The Labute approximate surface area is 144 Å². The number of carbonyl (C=O) groups excluding carboxylic acids is 3. The van der Waals surface area contributed by atoms with E-state index in [-0.39, 0.29) is 28.8 Å². The smallest absolute Gasteiger partial charge is 0.303 e. The van der Waals surface area contributed by atoms with Crippen LogP contribution in [0.25, 0.3) is 0 Å². The summed E-state index contributed by atoms with van der Waals surface area (Å²) in [7, 11) is 0. The molecule has 0 spiro atoms. The highest BCUT2D eigenvalue weighted by molar-refractivity contribution is 5.68. The first kappa shape index (κ1) is 18.9. The minimum absolute atomic E-state index is 0.0497. The fourth-order valence-corrected chi connectivity index (χ4v) is 5.80. The number of ether oxygens (including phenoxy) is 2. The van der Waals surface area contributed by atoms with Gasteiger partial charge in [0.05, 0.1) is 5.92 Å². The number of aldehydes is 1. The van der Waals surface area contributed by atoms with Gasteiger partial charge in [0.15, 0.2) is 0 Å². The molecule has 0 aromatic carbocycles. The summed E-state index contributed by atoms with van der Waals surface area (Å²) in [5, 5.41) is 0. The van der Waals surface area contributed by atoms with Crippen LogP contribution < -0.4 is 0 Å². The Morgan fingerprint density at radius 2 is 1.67 bits per heavy atom. The molecule has 0 radical (unpaired) electrons. The van der Waals surface area contributed by atoms with E-state index in [9.17, 15) is 14.4 Å². The first-order valence-electron chi connectivity index (χ1n) is 8.78. The molecule has 0 saturated heterocycles. The summed E-state index contributed by atoms with van der Waals surface area (Å²) in [6.07, 6.45) is 3.84. The highest BCUT2D eigenvalue weighted by atomic mass is 16.6. The Bertz CT molecular complexity index is 540. The summed E-state index contributed by atoms with van der Waals surface area (Å²) in [4.78, 5) is 35.4. The van der Waals surface area contributed by atoms with Gasteiger partial charge in [-0.05, 0) is 30.6 Å². The van der Waals surface area contributed by atoms with Gasteiger partial charge >= 0.3 is 11.9 Å². The number of rotatable bonds is 3. The van der Waals surface area contributed by atoms with Crippen molar-refractivity contribution in [3.63, 3.8) is 0 Å². The Morgan fingerprint density at radius 1 is 1.04 bits per heavy atom. The van der Waals surface area contributed by atoms with E-state index >= 15 is 0 Å². The van der Waals surface area contributed by atoms with Crippen molar-refractivity contribution in [2.75, 3.05) is 0 Å². The number of hydrogen-bond donors (Lipinski definition) is 0. The van der Waals surface area contributed by atoms with Crippen molar-refractivity contribution in [1.82, 2.24) is 0 Å². The van der Waals surface area contributed by atoms with Gasteiger partial charge in [0, 0.05) is 26.2 Å². The Kier molecular flexibility index (Phi) is 4.86. The van der Waals surface area contributed by atoms with E-state index in [1.165, 1.54) is 13.8 Å². The molecule has 5 heteroatoms. The van der Waals surface area contributed by atoms with E-state index in [4.69, 9.17) is 9.47 Å². The van der Waals surface area contributed by atoms with Crippen LogP contribution in [0.15, 0.2) is 0 Å². The van der Waals surface area contributed by atoms with Gasteiger partial charge < -0.3 is 14.3 Å². The predicted octanol–water partition coefficient (Wildman–Crippen LogP) is 3.29. The molecule has 5 atom stereocenters. The molecule has 1 unspecified atom stereocenters. The SMILES string of the molecule is CC(=O)O[C@H]1C[C@@](C)(OC(C)=O)[C@H](C=O)[C@@]2(C)CCCC(C)(C)C12. The number of hydrogen-bond acceptors (Lipinski definition) is 5. The Hall–Kier alpha value is -1.39. The van der Waals surface area contributed by atoms with Gasteiger partial charge in [0.1, 0.15) is 18.0 Å². The molecule has 2 saturated carbocycles. The van der Waals surface area contributed by atoms with Crippen LogP contribution in [0.4, 0.5) is 0 Å². The fourth-order valence-electron chi connectivity index (χ4n) is 5.80. The van der Waals surface area contributed by atoms with Crippen LogP contribution in [0.3, 0.4) is 0 Å². The van der Waals surface area contributed by atoms with Gasteiger partial charge in [0.2, 0.25) is 0 Å².